The maximum atomic E-state index is 12.7. The summed E-state index contributed by atoms with van der Waals surface area (Å²) < 4.78 is 0. The SMILES string of the molecule is Cc1ccnc(C2CCN(C(=O)Cc3cnc4ccccc4c3)CC2)n1. The summed E-state index contributed by atoms with van der Waals surface area (Å²) in [7, 11) is 0. The Morgan fingerprint density at radius 2 is 1.96 bits per heavy atom. The minimum absolute atomic E-state index is 0.172. The molecule has 1 saturated heterocycles. The van der Waals surface area contributed by atoms with E-state index < -0.39 is 0 Å². The second-order valence-corrected chi connectivity index (χ2v) is 6.92. The van der Waals surface area contributed by atoms with E-state index in [0.717, 1.165) is 53.9 Å². The molecule has 132 valence electrons. The number of piperidine rings is 1. The summed E-state index contributed by atoms with van der Waals surface area (Å²) in [5.74, 6) is 1.43. The molecule has 26 heavy (non-hydrogen) atoms. The summed E-state index contributed by atoms with van der Waals surface area (Å²) in [5, 5.41) is 1.08. The minimum Gasteiger partial charge on any atom is -0.342 e. The van der Waals surface area contributed by atoms with E-state index in [4.69, 9.17) is 0 Å². The minimum atomic E-state index is 0.172. The van der Waals surface area contributed by atoms with Gasteiger partial charge in [-0.1, -0.05) is 18.2 Å². The molecule has 2 aromatic heterocycles. The van der Waals surface area contributed by atoms with E-state index in [1.165, 1.54) is 0 Å². The van der Waals surface area contributed by atoms with Gasteiger partial charge in [-0.3, -0.25) is 9.78 Å². The molecule has 1 aliphatic rings. The van der Waals surface area contributed by atoms with Crippen LogP contribution in [0.3, 0.4) is 0 Å². The fourth-order valence-electron chi connectivity index (χ4n) is 3.55. The van der Waals surface area contributed by atoms with Crippen LogP contribution in [0.1, 0.15) is 35.8 Å². The van der Waals surface area contributed by atoms with Crippen molar-refractivity contribution in [1.29, 1.82) is 0 Å². The number of carbonyl (C=O) groups is 1. The van der Waals surface area contributed by atoms with Gasteiger partial charge in [0.2, 0.25) is 5.91 Å². The van der Waals surface area contributed by atoms with E-state index in [1.54, 1.807) is 0 Å². The van der Waals surface area contributed by atoms with Gasteiger partial charge in [-0.15, -0.1) is 0 Å². The normalized spacial score (nSPS) is 15.3. The van der Waals surface area contributed by atoms with Crippen LogP contribution in [0.5, 0.6) is 0 Å². The Balaban J connectivity index is 1.38. The van der Waals surface area contributed by atoms with Crippen LogP contribution in [-0.4, -0.2) is 38.8 Å². The van der Waals surface area contributed by atoms with Gasteiger partial charge in [-0.25, -0.2) is 9.97 Å². The van der Waals surface area contributed by atoms with Crippen molar-refractivity contribution in [3.8, 4) is 0 Å². The predicted octanol–water partition coefficient (Wildman–Crippen LogP) is 3.28. The van der Waals surface area contributed by atoms with E-state index in [0.29, 0.717) is 12.3 Å². The Bertz CT molecular complexity index is 932. The first-order valence-electron chi connectivity index (χ1n) is 9.10. The van der Waals surface area contributed by atoms with Crippen LogP contribution in [0.15, 0.2) is 48.8 Å². The summed E-state index contributed by atoms with van der Waals surface area (Å²) in [4.78, 5) is 28.0. The average Bonchev–Trinajstić information content (AvgIpc) is 2.68. The highest BCUT2D eigenvalue weighted by Crippen LogP contribution is 2.26. The number of para-hydroxylation sites is 1. The van der Waals surface area contributed by atoms with Crippen molar-refractivity contribution in [3.63, 3.8) is 0 Å². The second kappa shape index (κ2) is 7.20. The van der Waals surface area contributed by atoms with Gasteiger partial charge < -0.3 is 4.90 Å². The number of likely N-dealkylation sites (tertiary alicyclic amines) is 1. The lowest BCUT2D eigenvalue weighted by Crippen LogP contribution is -2.39. The molecule has 0 radical (unpaired) electrons. The van der Waals surface area contributed by atoms with Gasteiger partial charge in [-0.05, 0) is 43.5 Å². The molecule has 3 aromatic rings. The van der Waals surface area contributed by atoms with Crippen molar-refractivity contribution in [2.45, 2.75) is 32.1 Å². The van der Waals surface area contributed by atoms with Crippen molar-refractivity contribution >= 4 is 16.8 Å². The Kier molecular flexibility index (Phi) is 4.61. The molecule has 4 rings (SSSR count). The molecule has 1 aromatic carbocycles. The molecule has 0 saturated carbocycles. The number of hydrogen-bond donors (Lipinski definition) is 0. The Morgan fingerprint density at radius 1 is 1.15 bits per heavy atom. The molecule has 0 bridgehead atoms. The summed E-state index contributed by atoms with van der Waals surface area (Å²) in [6, 6.07) is 12.0. The number of aryl methyl sites for hydroxylation is 1. The quantitative estimate of drug-likeness (QED) is 0.730. The summed E-state index contributed by atoms with van der Waals surface area (Å²) in [6.07, 6.45) is 5.88. The monoisotopic (exact) mass is 346 g/mol. The topological polar surface area (TPSA) is 59.0 Å². The highest BCUT2D eigenvalue weighted by molar-refractivity contribution is 5.82. The molecular weight excluding hydrogens is 324 g/mol. The number of amides is 1. The first kappa shape index (κ1) is 16.6. The number of benzene rings is 1. The third-order valence-corrected chi connectivity index (χ3v) is 5.03. The van der Waals surface area contributed by atoms with Gasteiger partial charge in [-0.2, -0.15) is 0 Å². The Morgan fingerprint density at radius 3 is 2.77 bits per heavy atom. The van der Waals surface area contributed by atoms with Crippen LogP contribution in [0, 0.1) is 6.92 Å². The van der Waals surface area contributed by atoms with Crippen molar-refractivity contribution in [1.82, 2.24) is 19.9 Å². The van der Waals surface area contributed by atoms with Gasteiger partial charge >= 0.3 is 0 Å². The molecule has 0 aliphatic carbocycles. The summed E-state index contributed by atoms with van der Waals surface area (Å²) in [6.45, 7) is 3.52. The zero-order valence-electron chi connectivity index (χ0n) is 14.9. The van der Waals surface area contributed by atoms with Gasteiger partial charge in [0.05, 0.1) is 11.9 Å². The third-order valence-electron chi connectivity index (χ3n) is 5.03. The van der Waals surface area contributed by atoms with E-state index in [-0.39, 0.29) is 5.91 Å². The number of rotatable bonds is 3. The number of fused-ring (bicyclic) bond motifs is 1. The van der Waals surface area contributed by atoms with Crippen LogP contribution in [0.2, 0.25) is 0 Å². The van der Waals surface area contributed by atoms with Crippen molar-refractivity contribution in [2.75, 3.05) is 13.1 Å². The molecule has 5 nitrogen and oxygen atoms in total. The Labute approximate surface area is 153 Å². The molecule has 1 amide bonds. The zero-order chi connectivity index (χ0) is 17.9. The molecule has 5 heteroatoms. The second-order valence-electron chi connectivity index (χ2n) is 6.92. The predicted molar refractivity (Wildman–Crippen MR) is 101 cm³/mol. The first-order chi connectivity index (χ1) is 12.7. The van der Waals surface area contributed by atoms with Crippen molar-refractivity contribution in [3.05, 3.63) is 65.9 Å². The van der Waals surface area contributed by atoms with E-state index >= 15 is 0 Å². The van der Waals surface area contributed by atoms with Crippen molar-refractivity contribution < 1.29 is 4.79 Å². The molecule has 1 fully saturated rings. The van der Waals surface area contributed by atoms with Crippen LogP contribution in [0.4, 0.5) is 0 Å². The molecule has 0 spiro atoms. The molecule has 3 heterocycles. The van der Waals surface area contributed by atoms with Crippen LogP contribution in [-0.2, 0) is 11.2 Å². The van der Waals surface area contributed by atoms with Gasteiger partial charge in [0.15, 0.2) is 0 Å². The summed E-state index contributed by atoms with van der Waals surface area (Å²) in [5.41, 5.74) is 2.93. The number of hydrogen-bond acceptors (Lipinski definition) is 4. The van der Waals surface area contributed by atoms with Gasteiger partial charge in [0.1, 0.15) is 5.82 Å². The number of aromatic nitrogens is 3. The Hall–Kier alpha value is -2.82. The lowest BCUT2D eigenvalue weighted by molar-refractivity contribution is -0.131. The number of carbonyl (C=O) groups excluding carboxylic acids is 1. The number of pyridine rings is 1. The van der Waals surface area contributed by atoms with Gasteiger partial charge in [0.25, 0.3) is 0 Å². The fourth-order valence-corrected chi connectivity index (χ4v) is 3.55. The first-order valence-corrected chi connectivity index (χ1v) is 9.10. The molecule has 0 unspecified atom stereocenters. The third kappa shape index (κ3) is 3.57. The maximum Gasteiger partial charge on any atom is 0.227 e. The molecule has 1 aliphatic heterocycles. The molecule has 0 N–H and O–H groups in total. The van der Waals surface area contributed by atoms with Crippen molar-refractivity contribution in [2.24, 2.45) is 0 Å². The zero-order valence-corrected chi connectivity index (χ0v) is 14.9. The average molecular weight is 346 g/mol. The fraction of sp³-hybridized carbons (Fsp3) is 0.333. The van der Waals surface area contributed by atoms with Crippen LogP contribution in [0.25, 0.3) is 10.9 Å². The van der Waals surface area contributed by atoms with E-state index in [9.17, 15) is 4.79 Å². The summed E-state index contributed by atoms with van der Waals surface area (Å²) >= 11 is 0. The maximum absolute atomic E-state index is 12.7. The van der Waals surface area contributed by atoms with E-state index in [2.05, 4.69) is 21.0 Å². The molecular formula is C21H22N4O. The van der Waals surface area contributed by atoms with Gasteiger partial charge in [0, 0.05) is 42.5 Å². The number of nitrogens with zero attached hydrogens (tertiary/aromatic N) is 4. The highest BCUT2D eigenvalue weighted by atomic mass is 16.2. The highest BCUT2D eigenvalue weighted by Gasteiger charge is 2.25. The van der Waals surface area contributed by atoms with E-state index in [1.807, 2.05) is 54.5 Å². The lowest BCUT2D eigenvalue weighted by atomic mass is 9.95. The lowest BCUT2D eigenvalue weighted by Gasteiger charge is -2.31. The largest absolute Gasteiger partial charge is 0.342 e. The van der Waals surface area contributed by atoms with Crippen LogP contribution < -0.4 is 0 Å². The molecule has 0 atom stereocenters. The van der Waals surface area contributed by atoms with Crippen LogP contribution >= 0.6 is 0 Å². The smallest absolute Gasteiger partial charge is 0.227 e. The standard InChI is InChI=1S/C21H22N4O/c1-15-6-9-22-21(24-15)17-7-10-25(11-8-17)20(26)13-16-12-18-4-2-3-5-19(18)23-14-16/h2-6,9,12,14,17H,7-8,10-11,13H2,1H3.